The van der Waals surface area contributed by atoms with Gasteiger partial charge in [0.25, 0.3) is 11.8 Å². The molecule has 4 nitrogen and oxygen atoms in total. The fraction of sp³-hybridized carbons (Fsp3) is 0.522. The lowest BCUT2D eigenvalue weighted by molar-refractivity contribution is 0.0175. The zero-order valence-electron chi connectivity index (χ0n) is 18.5. The summed E-state index contributed by atoms with van der Waals surface area (Å²) in [6.07, 6.45) is 0.934. The highest BCUT2D eigenvalue weighted by molar-refractivity contribution is 6.05. The van der Waals surface area contributed by atoms with Crippen LogP contribution in [0.5, 0.6) is 0 Å². The van der Waals surface area contributed by atoms with Crippen molar-refractivity contribution in [3.63, 3.8) is 0 Å². The molecule has 1 unspecified atom stereocenters. The lowest BCUT2D eigenvalue weighted by atomic mass is 9.91. The quantitative estimate of drug-likeness (QED) is 0.643. The van der Waals surface area contributed by atoms with E-state index in [1.807, 2.05) is 20.0 Å². The molecule has 0 bridgehead atoms. The summed E-state index contributed by atoms with van der Waals surface area (Å²) in [5.41, 5.74) is 2.64. The average Bonchev–Trinajstić information content (AvgIpc) is 2.96. The third kappa shape index (κ3) is 5.66. The maximum Gasteiger partial charge on any atom is 0.270 e. The summed E-state index contributed by atoms with van der Waals surface area (Å²) in [4.78, 5) is 13.0. The van der Waals surface area contributed by atoms with Gasteiger partial charge in [-0.25, -0.2) is 8.78 Å². The van der Waals surface area contributed by atoms with Crippen LogP contribution in [0.1, 0.15) is 68.3 Å². The van der Waals surface area contributed by atoms with Gasteiger partial charge in [0.2, 0.25) is 0 Å². The molecule has 0 spiro atoms. The van der Waals surface area contributed by atoms with Crippen LogP contribution in [0.2, 0.25) is 0 Å². The number of hydrogen-bond acceptors (Lipinski definition) is 2. The predicted molar refractivity (Wildman–Crippen MR) is 115 cm³/mol. The molecule has 0 aliphatic carbocycles. The predicted octanol–water partition coefficient (Wildman–Crippen LogP) is 5.46. The second kappa shape index (κ2) is 8.66. The van der Waals surface area contributed by atoms with Crippen molar-refractivity contribution in [3.05, 3.63) is 52.8 Å². The smallest absolute Gasteiger partial charge is 0.270 e. The van der Waals surface area contributed by atoms with Crippen molar-refractivity contribution in [3.8, 4) is 0 Å². The Morgan fingerprint density at radius 3 is 2.38 bits per heavy atom. The summed E-state index contributed by atoms with van der Waals surface area (Å²) < 4.78 is 29.4. The van der Waals surface area contributed by atoms with Crippen LogP contribution in [0.3, 0.4) is 0 Å². The molecule has 29 heavy (non-hydrogen) atoms. The molecular formula is C23H33F2N3O. The van der Waals surface area contributed by atoms with Crippen molar-refractivity contribution in [1.82, 2.24) is 9.88 Å². The van der Waals surface area contributed by atoms with Gasteiger partial charge in [-0.1, -0.05) is 32.9 Å². The molecule has 0 fully saturated rings. The number of hydrogen-bond donors (Lipinski definition) is 2. The summed E-state index contributed by atoms with van der Waals surface area (Å²) in [5.74, 6) is -3.24. The van der Waals surface area contributed by atoms with Gasteiger partial charge < -0.3 is 15.2 Å². The SMILES string of the molecule is CNC(C)CCn1c(C(C)(C)C)cc(C(=O)Nc2cccc(C(C)(F)F)c2)c1C. The first-order valence-electron chi connectivity index (χ1n) is 10.0. The Balaban J connectivity index is 2.34. The van der Waals surface area contributed by atoms with Crippen molar-refractivity contribution in [2.45, 2.75) is 71.9 Å². The van der Waals surface area contributed by atoms with E-state index in [0.717, 1.165) is 31.3 Å². The number of benzene rings is 1. The Hall–Kier alpha value is -2.21. The molecular weight excluding hydrogens is 372 g/mol. The molecule has 1 amide bonds. The fourth-order valence-electron chi connectivity index (χ4n) is 3.32. The highest BCUT2D eigenvalue weighted by atomic mass is 19.3. The summed E-state index contributed by atoms with van der Waals surface area (Å²) in [6, 6.07) is 8.12. The molecule has 0 radical (unpaired) electrons. The molecule has 160 valence electrons. The zero-order valence-corrected chi connectivity index (χ0v) is 18.5. The van der Waals surface area contributed by atoms with Crippen molar-refractivity contribution >= 4 is 11.6 Å². The van der Waals surface area contributed by atoms with E-state index in [9.17, 15) is 13.6 Å². The Kier molecular flexibility index (Phi) is 6.89. The van der Waals surface area contributed by atoms with Crippen LogP contribution >= 0.6 is 0 Å². The first-order valence-corrected chi connectivity index (χ1v) is 10.0. The van der Waals surface area contributed by atoms with Gasteiger partial charge in [-0.3, -0.25) is 4.79 Å². The fourth-order valence-corrected chi connectivity index (χ4v) is 3.32. The standard InChI is InChI=1S/C23H33F2N3O/c1-15(26-7)11-12-28-16(2)19(14-20(28)22(3,4)5)21(29)27-18-10-8-9-17(13-18)23(6,24)25/h8-10,13-15,26H,11-12H2,1-7H3,(H,27,29). The molecule has 0 aliphatic rings. The van der Waals surface area contributed by atoms with E-state index in [1.54, 1.807) is 6.07 Å². The van der Waals surface area contributed by atoms with Crippen molar-refractivity contribution in [1.29, 1.82) is 0 Å². The van der Waals surface area contributed by atoms with Gasteiger partial charge in [0.1, 0.15) is 0 Å². The number of rotatable bonds is 7. The molecule has 1 atom stereocenters. The van der Waals surface area contributed by atoms with Crippen molar-refractivity contribution in [2.24, 2.45) is 0 Å². The normalized spacial score (nSPS) is 13.4. The first-order chi connectivity index (χ1) is 13.3. The number of amides is 1. The molecule has 1 aromatic carbocycles. The second-order valence-corrected chi connectivity index (χ2v) is 8.83. The number of nitrogens with one attached hydrogen (secondary N) is 2. The van der Waals surface area contributed by atoms with E-state index >= 15 is 0 Å². The summed E-state index contributed by atoms with van der Waals surface area (Å²) in [6.45, 7) is 12.1. The average molecular weight is 406 g/mol. The van der Waals surface area contributed by atoms with E-state index in [0.29, 0.717) is 17.3 Å². The van der Waals surface area contributed by atoms with E-state index < -0.39 is 5.92 Å². The highest BCUT2D eigenvalue weighted by Gasteiger charge is 2.26. The third-order valence-corrected chi connectivity index (χ3v) is 5.29. The van der Waals surface area contributed by atoms with E-state index in [1.165, 1.54) is 18.2 Å². The van der Waals surface area contributed by atoms with Crippen LogP contribution in [0.15, 0.2) is 30.3 Å². The van der Waals surface area contributed by atoms with Gasteiger partial charge in [-0.2, -0.15) is 0 Å². The second-order valence-electron chi connectivity index (χ2n) is 8.83. The molecule has 0 aliphatic heterocycles. The molecule has 2 aromatic rings. The zero-order chi connectivity index (χ0) is 22.0. The first kappa shape index (κ1) is 23.1. The van der Waals surface area contributed by atoms with Gasteiger partial charge in [0.15, 0.2) is 0 Å². The van der Waals surface area contributed by atoms with E-state index in [2.05, 4.69) is 42.9 Å². The monoisotopic (exact) mass is 405 g/mol. The minimum atomic E-state index is -2.95. The van der Waals surface area contributed by atoms with Crippen LogP contribution < -0.4 is 10.6 Å². The largest absolute Gasteiger partial charge is 0.347 e. The molecule has 1 heterocycles. The van der Waals surface area contributed by atoms with Gasteiger partial charge in [-0.15, -0.1) is 0 Å². The number of carbonyl (C=O) groups excluding carboxylic acids is 1. The Morgan fingerprint density at radius 2 is 1.83 bits per heavy atom. The number of anilines is 1. The number of halogens is 2. The van der Waals surface area contributed by atoms with Crippen LogP contribution in [-0.2, 0) is 17.9 Å². The number of carbonyl (C=O) groups is 1. The third-order valence-electron chi connectivity index (χ3n) is 5.29. The molecule has 6 heteroatoms. The molecule has 0 saturated carbocycles. The van der Waals surface area contributed by atoms with Crippen LogP contribution in [0.4, 0.5) is 14.5 Å². The summed E-state index contributed by atoms with van der Waals surface area (Å²) in [7, 11) is 1.94. The Bertz CT molecular complexity index is 860. The van der Waals surface area contributed by atoms with Crippen molar-refractivity contribution in [2.75, 3.05) is 12.4 Å². The van der Waals surface area contributed by atoms with Crippen molar-refractivity contribution < 1.29 is 13.6 Å². The highest BCUT2D eigenvalue weighted by Crippen LogP contribution is 2.30. The Morgan fingerprint density at radius 1 is 1.17 bits per heavy atom. The number of alkyl halides is 2. The van der Waals surface area contributed by atoms with Gasteiger partial charge in [0, 0.05) is 47.6 Å². The lowest BCUT2D eigenvalue weighted by Crippen LogP contribution is -2.25. The van der Waals surface area contributed by atoms with Crippen LogP contribution in [0, 0.1) is 6.92 Å². The maximum atomic E-state index is 13.6. The Labute approximate surface area is 172 Å². The van der Waals surface area contributed by atoms with Gasteiger partial charge >= 0.3 is 0 Å². The van der Waals surface area contributed by atoms with E-state index in [-0.39, 0.29) is 16.9 Å². The number of nitrogens with zero attached hydrogens (tertiary/aromatic N) is 1. The maximum absolute atomic E-state index is 13.6. The summed E-state index contributed by atoms with van der Waals surface area (Å²) in [5, 5.41) is 6.02. The van der Waals surface area contributed by atoms with Crippen LogP contribution in [-0.4, -0.2) is 23.6 Å². The minimum absolute atomic E-state index is 0.124. The van der Waals surface area contributed by atoms with Crippen LogP contribution in [0.25, 0.3) is 0 Å². The van der Waals surface area contributed by atoms with Gasteiger partial charge in [0.05, 0.1) is 5.56 Å². The molecule has 2 N–H and O–H groups in total. The molecule has 0 saturated heterocycles. The number of aromatic nitrogens is 1. The van der Waals surface area contributed by atoms with E-state index in [4.69, 9.17) is 0 Å². The topological polar surface area (TPSA) is 46.1 Å². The molecule has 2 rings (SSSR count). The van der Waals surface area contributed by atoms with Gasteiger partial charge in [-0.05, 0) is 45.5 Å². The minimum Gasteiger partial charge on any atom is -0.347 e. The summed E-state index contributed by atoms with van der Waals surface area (Å²) >= 11 is 0. The molecule has 1 aromatic heterocycles. The lowest BCUT2D eigenvalue weighted by Gasteiger charge is -2.23.